The highest BCUT2D eigenvalue weighted by molar-refractivity contribution is 7.19. The minimum atomic E-state index is -0.200. The van der Waals surface area contributed by atoms with Gasteiger partial charge < -0.3 is 4.74 Å². The Bertz CT molecular complexity index is 1200. The number of methoxy groups -OCH3 is 1. The predicted octanol–water partition coefficient (Wildman–Crippen LogP) is 4.89. The molecule has 5 rings (SSSR count). The fraction of sp³-hybridized carbons (Fsp3) is 0.182. The summed E-state index contributed by atoms with van der Waals surface area (Å²) in [5, 5.41) is 4.25. The summed E-state index contributed by atoms with van der Waals surface area (Å²) >= 11 is 1.40. The minimum Gasteiger partial charge on any atom is -0.497 e. The van der Waals surface area contributed by atoms with E-state index < -0.39 is 0 Å². The molecule has 144 valence electrons. The average Bonchev–Trinajstić information content (AvgIpc) is 3.52. The Balaban J connectivity index is 1.49. The maximum atomic E-state index is 13.1. The Hall–Kier alpha value is -3.32. The number of nitrogens with one attached hydrogen (secondary N) is 1. The molecular weight excluding hydrogens is 384 g/mol. The number of aromatic nitrogens is 3. The second-order valence-corrected chi connectivity index (χ2v) is 7.98. The molecule has 1 aliphatic carbocycles. The molecule has 1 N–H and O–H groups in total. The van der Waals surface area contributed by atoms with Gasteiger partial charge in [-0.1, -0.05) is 17.4 Å². The van der Waals surface area contributed by atoms with Crippen LogP contribution in [-0.4, -0.2) is 28.0 Å². The molecule has 0 aliphatic heterocycles. The normalized spacial score (nSPS) is 13.4. The number of nitrogens with zero attached hydrogens (tertiary/aromatic N) is 3. The number of fused-ring (bicyclic) bond motifs is 1. The summed E-state index contributed by atoms with van der Waals surface area (Å²) in [7, 11) is 1.61. The molecule has 29 heavy (non-hydrogen) atoms. The molecule has 0 bridgehead atoms. The van der Waals surface area contributed by atoms with E-state index in [0.717, 1.165) is 40.0 Å². The molecule has 3 aromatic heterocycles. The van der Waals surface area contributed by atoms with E-state index >= 15 is 0 Å². The molecule has 6 nitrogen and oxygen atoms in total. The number of anilines is 1. The van der Waals surface area contributed by atoms with Gasteiger partial charge in [0.1, 0.15) is 5.75 Å². The summed E-state index contributed by atoms with van der Waals surface area (Å²) in [4.78, 5) is 27.5. The van der Waals surface area contributed by atoms with Crippen molar-refractivity contribution in [3.8, 4) is 16.3 Å². The number of pyridine rings is 2. The summed E-state index contributed by atoms with van der Waals surface area (Å²) in [5.41, 5.74) is 3.20. The lowest BCUT2D eigenvalue weighted by Gasteiger charge is -2.10. The molecule has 0 spiro atoms. The van der Waals surface area contributed by atoms with E-state index in [1.807, 2.05) is 42.5 Å². The molecule has 1 fully saturated rings. The molecule has 1 saturated carbocycles. The van der Waals surface area contributed by atoms with Crippen molar-refractivity contribution in [2.45, 2.75) is 18.8 Å². The van der Waals surface area contributed by atoms with Crippen molar-refractivity contribution < 1.29 is 9.53 Å². The Morgan fingerprint density at radius 1 is 1.17 bits per heavy atom. The fourth-order valence-corrected chi connectivity index (χ4v) is 4.04. The van der Waals surface area contributed by atoms with Gasteiger partial charge in [0, 0.05) is 29.4 Å². The second kappa shape index (κ2) is 7.25. The van der Waals surface area contributed by atoms with E-state index in [1.165, 1.54) is 11.3 Å². The van der Waals surface area contributed by atoms with Crippen LogP contribution in [0.1, 0.15) is 34.8 Å². The van der Waals surface area contributed by atoms with E-state index in [4.69, 9.17) is 9.72 Å². The van der Waals surface area contributed by atoms with Gasteiger partial charge in [0.05, 0.1) is 28.8 Å². The highest BCUT2D eigenvalue weighted by Gasteiger charge is 2.27. The van der Waals surface area contributed by atoms with Crippen molar-refractivity contribution in [3.63, 3.8) is 0 Å². The van der Waals surface area contributed by atoms with E-state index in [0.29, 0.717) is 22.4 Å². The molecule has 0 unspecified atom stereocenters. The number of amides is 1. The summed E-state index contributed by atoms with van der Waals surface area (Å²) in [6.07, 6.45) is 5.71. The second-order valence-electron chi connectivity index (χ2n) is 6.95. The quantitative estimate of drug-likeness (QED) is 0.514. The number of rotatable bonds is 5. The van der Waals surface area contributed by atoms with Crippen molar-refractivity contribution in [1.29, 1.82) is 0 Å². The first kappa shape index (κ1) is 17.8. The first-order valence-electron chi connectivity index (χ1n) is 9.38. The molecule has 7 heteroatoms. The van der Waals surface area contributed by atoms with Gasteiger partial charge in [-0.3, -0.25) is 20.1 Å². The van der Waals surface area contributed by atoms with Crippen LogP contribution in [0.25, 0.3) is 21.5 Å². The Morgan fingerprint density at radius 3 is 2.83 bits per heavy atom. The summed E-state index contributed by atoms with van der Waals surface area (Å²) in [5.74, 6) is 0.942. The predicted molar refractivity (Wildman–Crippen MR) is 114 cm³/mol. The van der Waals surface area contributed by atoms with Crippen molar-refractivity contribution in [3.05, 3.63) is 66.1 Å². The van der Waals surface area contributed by atoms with Gasteiger partial charge >= 0.3 is 0 Å². The van der Waals surface area contributed by atoms with Gasteiger partial charge in [-0.05, 0) is 49.2 Å². The van der Waals surface area contributed by atoms with Crippen LogP contribution >= 0.6 is 11.3 Å². The first-order chi connectivity index (χ1) is 14.2. The Kier molecular flexibility index (Phi) is 4.44. The van der Waals surface area contributed by atoms with Crippen molar-refractivity contribution >= 4 is 33.3 Å². The minimum absolute atomic E-state index is 0.200. The Morgan fingerprint density at radius 2 is 2.07 bits per heavy atom. The van der Waals surface area contributed by atoms with Crippen LogP contribution in [-0.2, 0) is 0 Å². The van der Waals surface area contributed by atoms with Crippen LogP contribution < -0.4 is 10.1 Å². The number of hydrogen-bond acceptors (Lipinski definition) is 6. The molecule has 0 saturated heterocycles. The van der Waals surface area contributed by atoms with E-state index in [-0.39, 0.29) is 5.91 Å². The zero-order valence-electron chi connectivity index (χ0n) is 15.8. The molecule has 4 aromatic rings. The molecule has 0 radical (unpaired) electrons. The zero-order chi connectivity index (χ0) is 19.8. The third-order valence-electron chi connectivity index (χ3n) is 4.92. The maximum absolute atomic E-state index is 13.1. The number of carbonyl (C=O) groups excluding carboxylic acids is 1. The van der Waals surface area contributed by atoms with Gasteiger partial charge in [0.2, 0.25) is 0 Å². The highest BCUT2D eigenvalue weighted by atomic mass is 32.1. The van der Waals surface area contributed by atoms with Gasteiger partial charge in [0.15, 0.2) is 5.13 Å². The van der Waals surface area contributed by atoms with Crippen molar-refractivity contribution in [1.82, 2.24) is 15.0 Å². The maximum Gasteiger partial charge on any atom is 0.258 e. The smallest absolute Gasteiger partial charge is 0.258 e. The number of thiazole rings is 1. The van der Waals surface area contributed by atoms with Gasteiger partial charge in [-0.2, -0.15) is 0 Å². The first-order valence-corrected chi connectivity index (χ1v) is 10.2. The number of hydrogen-bond donors (Lipinski definition) is 1. The van der Waals surface area contributed by atoms with Gasteiger partial charge in [0.25, 0.3) is 5.91 Å². The molecule has 3 heterocycles. The van der Waals surface area contributed by atoms with E-state index in [9.17, 15) is 4.79 Å². The standard InChI is InChI=1S/C22H18N4O2S/c1-28-14-7-8-17-15(10-14)16(11-19(25-17)13-5-6-13)21(27)26-22-24-12-20(29-22)18-4-2-3-9-23-18/h2-4,7-13H,5-6H2,1H3,(H,24,26,27). The highest BCUT2D eigenvalue weighted by Crippen LogP contribution is 2.40. The van der Waals surface area contributed by atoms with Crippen molar-refractivity contribution in [2.75, 3.05) is 12.4 Å². The largest absolute Gasteiger partial charge is 0.497 e. The number of benzene rings is 1. The molecule has 1 amide bonds. The lowest BCUT2D eigenvalue weighted by atomic mass is 10.0. The average molecular weight is 402 g/mol. The van der Waals surface area contributed by atoms with Crippen LogP contribution in [0, 0.1) is 0 Å². The Labute approximate surface area is 171 Å². The summed E-state index contributed by atoms with van der Waals surface area (Å²) in [6, 6.07) is 13.2. The number of carbonyl (C=O) groups is 1. The zero-order valence-corrected chi connectivity index (χ0v) is 16.6. The van der Waals surface area contributed by atoms with Crippen LogP contribution in [0.3, 0.4) is 0 Å². The van der Waals surface area contributed by atoms with Crippen LogP contribution in [0.4, 0.5) is 5.13 Å². The molecule has 1 aliphatic rings. The summed E-state index contributed by atoms with van der Waals surface area (Å²) < 4.78 is 5.34. The lowest BCUT2D eigenvalue weighted by molar-refractivity contribution is 0.102. The molecular formula is C22H18N4O2S. The van der Waals surface area contributed by atoms with Gasteiger partial charge in [-0.25, -0.2) is 4.98 Å². The van der Waals surface area contributed by atoms with Crippen LogP contribution in [0.2, 0.25) is 0 Å². The van der Waals surface area contributed by atoms with E-state index in [2.05, 4.69) is 15.3 Å². The van der Waals surface area contributed by atoms with Gasteiger partial charge in [-0.15, -0.1) is 0 Å². The van der Waals surface area contributed by atoms with Crippen LogP contribution in [0.15, 0.2) is 54.9 Å². The monoisotopic (exact) mass is 402 g/mol. The fourth-order valence-electron chi connectivity index (χ4n) is 3.25. The third-order valence-corrected chi connectivity index (χ3v) is 5.85. The summed E-state index contributed by atoms with van der Waals surface area (Å²) in [6.45, 7) is 0. The SMILES string of the molecule is COc1ccc2nc(C3CC3)cc(C(=O)Nc3ncc(-c4ccccn4)s3)c2c1. The molecule has 0 atom stereocenters. The third kappa shape index (κ3) is 3.56. The number of ether oxygens (including phenoxy) is 1. The van der Waals surface area contributed by atoms with Crippen LogP contribution in [0.5, 0.6) is 5.75 Å². The topological polar surface area (TPSA) is 77.0 Å². The van der Waals surface area contributed by atoms with Crippen molar-refractivity contribution in [2.24, 2.45) is 0 Å². The lowest BCUT2D eigenvalue weighted by Crippen LogP contribution is -2.13. The molecule has 1 aromatic carbocycles. The van der Waals surface area contributed by atoms with E-state index in [1.54, 1.807) is 19.5 Å².